The minimum atomic E-state index is -0.424. The van der Waals surface area contributed by atoms with Crippen LogP contribution in [0.4, 0.5) is 0 Å². The zero-order valence-corrected chi connectivity index (χ0v) is 13.7. The van der Waals surface area contributed by atoms with E-state index in [-0.39, 0.29) is 23.1 Å². The van der Waals surface area contributed by atoms with Crippen LogP contribution >= 0.6 is 0 Å². The van der Waals surface area contributed by atoms with Gasteiger partial charge in [0.2, 0.25) is 5.91 Å². The lowest BCUT2D eigenvalue weighted by Crippen LogP contribution is -2.36. The molecule has 1 aliphatic carbocycles. The number of amides is 1. The van der Waals surface area contributed by atoms with Gasteiger partial charge >= 0.3 is 0 Å². The van der Waals surface area contributed by atoms with Crippen molar-refractivity contribution in [2.45, 2.75) is 45.1 Å². The summed E-state index contributed by atoms with van der Waals surface area (Å²) in [6, 6.07) is 4.92. The molecule has 1 aliphatic rings. The summed E-state index contributed by atoms with van der Waals surface area (Å²) in [5.41, 5.74) is 0.449. The molecule has 0 bridgehead atoms. The van der Waals surface area contributed by atoms with Gasteiger partial charge in [0.05, 0.1) is 6.04 Å². The third-order valence-electron chi connectivity index (χ3n) is 4.41. The third kappa shape index (κ3) is 3.50. The van der Waals surface area contributed by atoms with Crippen molar-refractivity contribution in [3.8, 4) is 11.5 Å². The van der Waals surface area contributed by atoms with Crippen molar-refractivity contribution in [2.75, 3.05) is 0 Å². The SMILES string of the molecule is CCC(NC(=O)C1CCCC1)c1nnc(-c2ccccn2)[nH]c1=O. The Bertz CT molecular complexity index is 753. The van der Waals surface area contributed by atoms with Crippen LogP contribution in [0.25, 0.3) is 11.5 Å². The van der Waals surface area contributed by atoms with E-state index in [1.54, 1.807) is 18.3 Å². The number of aromatic amines is 1. The smallest absolute Gasteiger partial charge is 0.275 e. The van der Waals surface area contributed by atoms with E-state index in [2.05, 4.69) is 25.5 Å². The highest BCUT2D eigenvalue weighted by Crippen LogP contribution is 2.25. The van der Waals surface area contributed by atoms with Gasteiger partial charge in [0.15, 0.2) is 11.5 Å². The van der Waals surface area contributed by atoms with E-state index >= 15 is 0 Å². The summed E-state index contributed by atoms with van der Waals surface area (Å²) in [5, 5.41) is 11.1. The van der Waals surface area contributed by atoms with Crippen LogP contribution in [0.2, 0.25) is 0 Å². The molecule has 126 valence electrons. The van der Waals surface area contributed by atoms with E-state index in [0.717, 1.165) is 25.7 Å². The highest BCUT2D eigenvalue weighted by atomic mass is 16.2. The van der Waals surface area contributed by atoms with Gasteiger partial charge in [-0.05, 0) is 31.4 Å². The average molecular weight is 327 g/mol. The fourth-order valence-electron chi connectivity index (χ4n) is 3.03. The van der Waals surface area contributed by atoms with Crippen LogP contribution in [0.1, 0.15) is 50.8 Å². The molecule has 1 unspecified atom stereocenters. The summed E-state index contributed by atoms with van der Waals surface area (Å²) in [6.45, 7) is 1.91. The molecule has 1 amide bonds. The topological polar surface area (TPSA) is 101 Å². The van der Waals surface area contributed by atoms with Gasteiger partial charge in [-0.3, -0.25) is 14.6 Å². The molecule has 2 aromatic heterocycles. The van der Waals surface area contributed by atoms with Crippen molar-refractivity contribution in [2.24, 2.45) is 5.92 Å². The molecule has 3 rings (SSSR count). The maximum Gasteiger partial charge on any atom is 0.275 e. The highest BCUT2D eigenvalue weighted by Gasteiger charge is 2.26. The molecule has 0 spiro atoms. The first kappa shape index (κ1) is 16.3. The van der Waals surface area contributed by atoms with Gasteiger partial charge in [0, 0.05) is 12.1 Å². The van der Waals surface area contributed by atoms with Gasteiger partial charge in [0.25, 0.3) is 5.56 Å². The normalized spacial score (nSPS) is 16.0. The Morgan fingerprint density at radius 1 is 1.33 bits per heavy atom. The van der Waals surface area contributed by atoms with E-state index in [1.165, 1.54) is 0 Å². The minimum Gasteiger partial charge on any atom is -0.347 e. The number of H-pyrrole nitrogens is 1. The molecule has 0 radical (unpaired) electrons. The monoisotopic (exact) mass is 327 g/mol. The summed E-state index contributed by atoms with van der Waals surface area (Å²) in [6.07, 6.45) is 6.23. The second-order valence-electron chi connectivity index (χ2n) is 6.05. The molecule has 1 fully saturated rings. The molecule has 1 atom stereocenters. The molecule has 7 nitrogen and oxygen atoms in total. The number of hydrogen-bond donors (Lipinski definition) is 2. The predicted molar refractivity (Wildman–Crippen MR) is 89.0 cm³/mol. The lowest BCUT2D eigenvalue weighted by atomic mass is 10.1. The largest absolute Gasteiger partial charge is 0.347 e. The summed E-state index contributed by atoms with van der Waals surface area (Å²) in [5.74, 6) is 0.384. The number of pyridine rings is 1. The van der Waals surface area contributed by atoms with Crippen molar-refractivity contribution in [1.29, 1.82) is 0 Å². The molecule has 0 aromatic carbocycles. The van der Waals surface area contributed by atoms with Gasteiger partial charge in [-0.25, -0.2) is 0 Å². The minimum absolute atomic E-state index is 0.00866. The molecule has 2 heterocycles. The summed E-state index contributed by atoms with van der Waals surface area (Å²) in [4.78, 5) is 31.5. The number of aromatic nitrogens is 4. The second-order valence-corrected chi connectivity index (χ2v) is 6.05. The molecule has 7 heteroatoms. The first-order chi connectivity index (χ1) is 11.7. The fourth-order valence-corrected chi connectivity index (χ4v) is 3.03. The van der Waals surface area contributed by atoms with Crippen molar-refractivity contribution in [3.63, 3.8) is 0 Å². The lowest BCUT2D eigenvalue weighted by molar-refractivity contribution is -0.125. The van der Waals surface area contributed by atoms with Gasteiger partial charge in [0.1, 0.15) is 5.69 Å². The zero-order valence-electron chi connectivity index (χ0n) is 13.7. The highest BCUT2D eigenvalue weighted by molar-refractivity contribution is 5.79. The Morgan fingerprint density at radius 3 is 2.75 bits per heavy atom. The summed E-state index contributed by atoms with van der Waals surface area (Å²) < 4.78 is 0. The summed E-state index contributed by atoms with van der Waals surface area (Å²) in [7, 11) is 0. The van der Waals surface area contributed by atoms with Gasteiger partial charge < -0.3 is 10.3 Å². The third-order valence-corrected chi connectivity index (χ3v) is 4.41. The fraction of sp³-hybridized carbons (Fsp3) is 0.471. The van der Waals surface area contributed by atoms with Crippen molar-refractivity contribution >= 4 is 5.91 Å². The van der Waals surface area contributed by atoms with Crippen LogP contribution in [0.15, 0.2) is 29.2 Å². The van der Waals surface area contributed by atoms with Gasteiger partial charge in [-0.1, -0.05) is 25.8 Å². The van der Waals surface area contributed by atoms with Crippen LogP contribution in [0.5, 0.6) is 0 Å². The Morgan fingerprint density at radius 2 is 2.12 bits per heavy atom. The molecular formula is C17H21N5O2. The first-order valence-corrected chi connectivity index (χ1v) is 8.37. The number of nitrogens with zero attached hydrogens (tertiary/aromatic N) is 3. The quantitative estimate of drug-likeness (QED) is 0.874. The molecule has 2 aromatic rings. The van der Waals surface area contributed by atoms with Crippen LogP contribution < -0.4 is 10.9 Å². The molecule has 24 heavy (non-hydrogen) atoms. The van der Waals surface area contributed by atoms with E-state index in [0.29, 0.717) is 17.9 Å². The molecule has 1 saturated carbocycles. The molecule has 2 N–H and O–H groups in total. The maximum absolute atomic E-state index is 12.4. The van der Waals surface area contributed by atoms with Crippen LogP contribution in [0, 0.1) is 5.92 Å². The molecule has 0 aliphatic heterocycles. The van der Waals surface area contributed by atoms with Crippen LogP contribution in [-0.4, -0.2) is 26.1 Å². The maximum atomic E-state index is 12.4. The van der Waals surface area contributed by atoms with Crippen molar-refractivity contribution in [1.82, 2.24) is 25.5 Å². The van der Waals surface area contributed by atoms with E-state index in [4.69, 9.17) is 0 Å². The first-order valence-electron chi connectivity index (χ1n) is 8.37. The van der Waals surface area contributed by atoms with E-state index in [1.807, 2.05) is 13.0 Å². The average Bonchev–Trinajstić information content (AvgIpc) is 3.15. The molecular weight excluding hydrogens is 306 g/mol. The van der Waals surface area contributed by atoms with Crippen LogP contribution in [0.3, 0.4) is 0 Å². The van der Waals surface area contributed by atoms with Crippen LogP contribution in [-0.2, 0) is 4.79 Å². The Kier molecular flexibility index (Phi) is 4.98. The predicted octanol–water partition coefficient (Wildman–Crippen LogP) is 1.98. The number of hydrogen-bond acceptors (Lipinski definition) is 5. The summed E-state index contributed by atoms with van der Waals surface area (Å²) >= 11 is 0. The number of rotatable bonds is 5. The van der Waals surface area contributed by atoms with Crippen molar-refractivity contribution < 1.29 is 4.79 Å². The molecule has 0 saturated heterocycles. The van der Waals surface area contributed by atoms with E-state index < -0.39 is 6.04 Å². The zero-order chi connectivity index (χ0) is 16.9. The number of nitrogens with one attached hydrogen (secondary N) is 2. The van der Waals surface area contributed by atoms with Crippen molar-refractivity contribution in [3.05, 3.63) is 40.4 Å². The number of carbonyl (C=O) groups is 1. The standard InChI is InChI=1S/C17H21N5O2/c1-2-12(19-16(23)11-7-3-4-8-11)14-17(24)20-15(22-21-14)13-9-5-6-10-18-13/h5-6,9-12H,2-4,7-8H2,1H3,(H,19,23)(H,20,22,24). The van der Waals surface area contributed by atoms with E-state index in [9.17, 15) is 9.59 Å². The Hall–Kier alpha value is -2.57. The Labute approximate surface area is 139 Å². The second kappa shape index (κ2) is 7.33. The Balaban J connectivity index is 1.79. The number of carbonyl (C=O) groups excluding carboxylic acids is 1. The van der Waals surface area contributed by atoms with Gasteiger partial charge in [-0.2, -0.15) is 0 Å². The lowest BCUT2D eigenvalue weighted by Gasteiger charge is -2.18. The van der Waals surface area contributed by atoms with Gasteiger partial charge in [-0.15, -0.1) is 10.2 Å².